The maximum absolute atomic E-state index is 2.28. The minimum absolute atomic E-state index is 0. The third-order valence-electron chi connectivity index (χ3n) is 3.08. The van der Waals surface area contributed by atoms with Gasteiger partial charge in [-0.25, -0.2) is 0 Å². The van der Waals surface area contributed by atoms with E-state index in [9.17, 15) is 0 Å². The summed E-state index contributed by atoms with van der Waals surface area (Å²) in [6, 6.07) is 0. The van der Waals surface area contributed by atoms with E-state index in [1.54, 1.807) is 0 Å². The zero-order chi connectivity index (χ0) is 22.4. The summed E-state index contributed by atoms with van der Waals surface area (Å²) in [6.07, 6.45) is 5.25. The van der Waals surface area contributed by atoms with E-state index in [1.165, 1.54) is 25.7 Å². The van der Waals surface area contributed by atoms with Crippen LogP contribution >= 0.6 is 0 Å². The van der Waals surface area contributed by atoms with Gasteiger partial charge in [0.05, 0.1) is 0 Å². The average Bonchev–Trinajstić information content (AvgIpc) is 2.21. The van der Waals surface area contributed by atoms with Gasteiger partial charge in [-0.1, -0.05) is 131 Å². The van der Waals surface area contributed by atoms with Crippen molar-refractivity contribution >= 4 is 0 Å². The fraction of sp³-hybridized carbons (Fsp3) is 1.00. The van der Waals surface area contributed by atoms with Crippen LogP contribution in [0.15, 0.2) is 0 Å². The normalized spacial score (nSPS) is 12.2. The van der Waals surface area contributed by atoms with E-state index in [2.05, 4.69) is 118 Å². The molecular weight excluding hydrogens is 312 g/mol. The molecule has 0 unspecified atom stereocenters. The molecule has 0 heteroatoms. The molecule has 0 N–H and O–H groups in total. The molecule has 0 fully saturated rings. The predicted molar refractivity (Wildman–Crippen MR) is 131 cm³/mol. The molecule has 0 aromatic carbocycles. The topological polar surface area (TPSA) is 0 Å². The van der Waals surface area contributed by atoms with Crippen LogP contribution in [0.4, 0.5) is 0 Å². The zero-order valence-corrected chi connectivity index (χ0v) is 22.4. The van der Waals surface area contributed by atoms with Crippen molar-refractivity contribution in [2.75, 3.05) is 0 Å². The van der Waals surface area contributed by atoms with Gasteiger partial charge in [0.1, 0.15) is 0 Å². The molecule has 0 aliphatic carbocycles. The van der Waals surface area contributed by atoms with Gasteiger partial charge >= 0.3 is 4.28 Å². The van der Waals surface area contributed by atoms with E-state index >= 15 is 0 Å². The Morgan fingerprint density at radius 2 is 0.846 bits per heavy atom. The van der Waals surface area contributed by atoms with Crippen LogP contribution in [-0.4, -0.2) is 0 Å². The van der Waals surface area contributed by atoms with E-state index in [1.807, 2.05) is 0 Å². The van der Waals surface area contributed by atoms with Crippen LogP contribution in [0, 0.1) is 27.6 Å². The molecule has 0 rings (SSSR count). The van der Waals surface area contributed by atoms with Crippen LogP contribution in [0.25, 0.3) is 0 Å². The molecular formula is C26H63+3. The Morgan fingerprint density at radius 3 is 0.846 bits per heavy atom. The van der Waals surface area contributed by atoms with E-state index < -0.39 is 0 Å². The summed E-state index contributed by atoms with van der Waals surface area (Å²) in [7, 11) is 0. The van der Waals surface area contributed by atoms with Crippen molar-refractivity contribution < 1.29 is 4.28 Å². The van der Waals surface area contributed by atoms with E-state index in [4.69, 9.17) is 0 Å². The Bertz CT molecular complexity index is 275. The second-order valence-electron chi connectivity index (χ2n) is 13.4. The molecule has 0 aromatic heterocycles. The first-order valence-corrected chi connectivity index (χ1v) is 11.0. The van der Waals surface area contributed by atoms with Crippen molar-refractivity contribution in [3.8, 4) is 0 Å². The molecule has 0 radical (unpaired) electrons. The molecule has 26 heavy (non-hydrogen) atoms. The van der Waals surface area contributed by atoms with Gasteiger partial charge in [0.15, 0.2) is 0 Å². The van der Waals surface area contributed by atoms with Crippen molar-refractivity contribution in [2.24, 2.45) is 27.6 Å². The summed E-state index contributed by atoms with van der Waals surface area (Å²) < 4.78 is 0. The summed E-state index contributed by atoms with van der Waals surface area (Å²) in [5.41, 5.74) is 2.11. The highest BCUT2D eigenvalue weighted by Crippen LogP contribution is 2.23. The highest BCUT2D eigenvalue weighted by Gasteiger charge is 2.11. The molecule has 0 aliphatic heterocycles. The van der Waals surface area contributed by atoms with Gasteiger partial charge in [0.25, 0.3) is 0 Å². The summed E-state index contributed by atoms with van der Waals surface area (Å²) in [5, 5.41) is 0. The molecule has 164 valence electrons. The smallest absolute Gasteiger partial charge is 0.0654 e. The molecule has 0 aromatic rings. The number of hydrogen-bond acceptors (Lipinski definition) is 0. The summed E-state index contributed by atoms with van der Waals surface area (Å²) in [4.78, 5) is 0. The lowest BCUT2D eigenvalue weighted by molar-refractivity contribution is 0.320. The standard InChI is InChI=1S/C8H18.C7H16.C6H14.C5H12/c1-7(2)6-8(3,4)5;1-5-6-7(2,3)4;1-5-6(2,3)4;1-5(2,3)4/h7H,6H2,1-5H3;5-6H2,1-4H3;5H2,1-4H3;1-4H3/p+3. The first kappa shape index (κ1) is 33.6. The molecule has 0 nitrogen and oxygen atoms in total. The van der Waals surface area contributed by atoms with Crippen molar-refractivity contribution in [2.45, 2.75) is 143 Å². The van der Waals surface area contributed by atoms with Gasteiger partial charge in [0.2, 0.25) is 0 Å². The van der Waals surface area contributed by atoms with Crippen molar-refractivity contribution in [1.29, 1.82) is 0 Å². The lowest BCUT2D eigenvalue weighted by Gasteiger charge is -2.19. The third kappa shape index (κ3) is 88.2. The lowest BCUT2D eigenvalue weighted by Crippen LogP contribution is -2.08. The van der Waals surface area contributed by atoms with Crippen LogP contribution in [0.3, 0.4) is 0 Å². The van der Waals surface area contributed by atoms with Gasteiger partial charge < -0.3 is 0 Å². The van der Waals surface area contributed by atoms with Crippen molar-refractivity contribution in [3.05, 3.63) is 0 Å². The Hall–Kier alpha value is 0. The fourth-order valence-electron chi connectivity index (χ4n) is 1.97. The van der Waals surface area contributed by atoms with Crippen LogP contribution in [0.5, 0.6) is 0 Å². The lowest BCUT2D eigenvalue weighted by atomic mass is 9.86. The molecule has 0 spiro atoms. The predicted octanol–water partition coefficient (Wildman–Crippen LogP) is 10.7. The van der Waals surface area contributed by atoms with Crippen molar-refractivity contribution in [3.63, 3.8) is 0 Å². The first-order valence-electron chi connectivity index (χ1n) is 11.0. The maximum Gasteiger partial charge on any atom is 1.00 e. The van der Waals surface area contributed by atoms with Gasteiger partial charge in [-0.05, 0) is 40.4 Å². The molecule has 0 aliphatic rings. The number of rotatable bonds is 2. The van der Waals surface area contributed by atoms with Gasteiger partial charge in [0, 0.05) is 0 Å². The molecule has 0 bridgehead atoms. The van der Waals surface area contributed by atoms with E-state index in [0.29, 0.717) is 21.7 Å². The van der Waals surface area contributed by atoms with E-state index in [-0.39, 0.29) is 4.28 Å². The summed E-state index contributed by atoms with van der Waals surface area (Å²) >= 11 is 0. The number of hydrogen-bond donors (Lipinski definition) is 0. The maximum atomic E-state index is 2.28. The van der Waals surface area contributed by atoms with Crippen LogP contribution in [0.2, 0.25) is 0 Å². The van der Waals surface area contributed by atoms with Crippen LogP contribution < -0.4 is 0 Å². The van der Waals surface area contributed by atoms with Gasteiger partial charge in [-0.2, -0.15) is 0 Å². The highest BCUT2D eigenvalue weighted by atomic mass is 14.2. The fourth-order valence-corrected chi connectivity index (χ4v) is 1.97. The molecule has 0 atom stereocenters. The van der Waals surface area contributed by atoms with E-state index in [0.717, 1.165) is 5.92 Å². The Morgan fingerprint density at radius 1 is 0.577 bits per heavy atom. The summed E-state index contributed by atoms with van der Waals surface area (Å²) in [5.74, 6) is 0.843. The monoisotopic (exact) mass is 375 g/mol. The van der Waals surface area contributed by atoms with Crippen molar-refractivity contribution in [1.82, 2.24) is 0 Å². The Kier molecular flexibility index (Phi) is 19.3. The SMILES string of the molecule is CC(C)(C)C.CC(C)CC(C)(C)C.CCC(C)(C)C.CCCC(C)(C)C.[H+].[H+].[H+]. The first-order chi connectivity index (χ1) is 11.0. The average molecular weight is 376 g/mol. The zero-order valence-electron chi connectivity index (χ0n) is 25.4. The molecule has 0 saturated carbocycles. The Balaban J connectivity index is -0.0000000436. The van der Waals surface area contributed by atoms with Gasteiger partial charge in [-0.3, -0.25) is 0 Å². The molecule has 0 heterocycles. The molecule has 0 amide bonds. The molecule has 0 saturated heterocycles. The largest absolute Gasteiger partial charge is 1.00 e. The second-order valence-corrected chi connectivity index (χ2v) is 13.4. The van der Waals surface area contributed by atoms with Crippen LogP contribution in [-0.2, 0) is 0 Å². The minimum atomic E-state index is 0. The summed E-state index contributed by atoms with van der Waals surface area (Å²) in [6.45, 7) is 38.1. The van der Waals surface area contributed by atoms with Crippen LogP contribution in [0.1, 0.15) is 148 Å². The minimum Gasteiger partial charge on any atom is -0.0654 e. The Labute approximate surface area is 175 Å². The second kappa shape index (κ2) is 15.0. The van der Waals surface area contributed by atoms with Gasteiger partial charge in [-0.15, -0.1) is 0 Å². The quantitative estimate of drug-likeness (QED) is 0.450. The third-order valence-corrected chi connectivity index (χ3v) is 3.08. The highest BCUT2D eigenvalue weighted by molar-refractivity contribution is 4.62.